The molecule has 0 bridgehead atoms. The summed E-state index contributed by atoms with van der Waals surface area (Å²) in [6.07, 6.45) is 4.80. The van der Waals surface area contributed by atoms with Gasteiger partial charge in [-0.2, -0.15) is 4.98 Å². The molecule has 10 heteroatoms. The lowest BCUT2D eigenvalue weighted by atomic mass is 9.88. The molecule has 1 fully saturated rings. The molecule has 3 aromatic rings. The molecule has 0 spiro atoms. The van der Waals surface area contributed by atoms with Crippen LogP contribution in [0.5, 0.6) is 5.75 Å². The number of carbonyl (C=O) groups is 1. The molecule has 1 saturated heterocycles. The van der Waals surface area contributed by atoms with E-state index in [0.29, 0.717) is 23.0 Å². The lowest BCUT2D eigenvalue weighted by molar-refractivity contribution is 0.0995. The van der Waals surface area contributed by atoms with Crippen molar-refractivity contribution in [2.45, 2.75) is 44.9 Å². The summed E-state index contributed by atoms with van der Waals surface area (Å²) in [4.78, 5) is 19.0. The van der Waals surface area contributed by atoms with Gasteiger partial charge in [0.2, 0.25) is 5.95 Å². The van der Waals surface area contributed by atoms with Gasteiger partial charge in [0.25, 0.3) is 5.91 Å². The summed E-state index contributed by atoms with van der Waals surface area (Å²) in [5.41, 5.74) is 10.0. The maximum atomic E-state index is 11.9. The maximum absolute atomic E-state index is 11.9. The van der Waals surface area contributed by atoms with Gasteiger partial charge < -0.3 is 26.2 Å². The number of rotatable bonds is 7. The van der Waals surface area contributed by atoms with Gasteiger partial charge in [-0.25, -0.2) is 0 Å². The monoisotopic (exact) mass is 475 g/mol. The number of methoxy groups -OCH3 is 1. The van der Waals surface area contributed by atoms with Gasteiger partial charge in [-0.1, -0.05) is 18.6 Å². The predicted molar refractivity (Wildman–Crippen MR) is 132 cm³/mol. The molecule has 1 atom stereocenters. The number of amides is 1. The van der Waals surface area contributed by atoms with Crippen molar-refractivity contribution in [3.63, 3.8) is 0 Å². The highest BCUT2D eigenvalue weighted by molar-refractivity contribution is 5.96. The summed E-state index contributed by atoms with van der Waals surface area (Å²) < 4.78 is 5.67. The summed E-state index contributed by atoms with van der Waals surface area (Å²) in [5.74, 6) is 0.305. The Hall–Kier alpha value is -3.76. The van der Waals surface area contributed by atoms with Crippen LogP contribution >= 0.6 is 0 Å². The fourth-order valence-electron chi connectivity index (χ4n) is 4.88. The molecular formula is C25H29N7O3. The first-order valence-electron chi connectivity index (χ1n) is 11.8. The Morgan fingerprint density at radius 1 is 1.20 bits per heavy atom. The van der Waals surface area contributed by atoms with Crippen LogP contribution in [0.15, 0.2) is 36.4 Å². The number of piperidine rings is 1. The molecule has 2 aromatic carbocycles. The van der Waals surface area contributed by atoms with E-state index in [2.05, 4.69) is 42.8 Å². The van der Waals surface area contributed by atoms with Crippen LogP contribution in [0.3, 0.4) is 0 Å². The topological polar surface area (TPSA) is 139 Å². The number of aromatic nitrogens is 3. The molecule has 10 nitrogen and oxygen atoms in total. The molecule has 1 unspecified atom stereocenters. The third kappa shape index (κ3) is 4.89. The average Bonchev–Trinajstić information content (AvgIpc) is 2.87. The van der Waals surface area contributed by atoms with Gasteiger partial charge in [0.1, 0.15) is 5.75 Å². The first-order valence-corrected chi connectivity index (χ1v) is 11.8. The van der Waals surface area contributed by atoms with Crippen LogP contribution < -0.4 is 21.1 Å². The third-order valence-electron chi connectivity index (χ3n) is 6.64. The zero-order chi connectivity index (χ0) is 24.4. The number of aliphatic hydroxyl groups excluding tert-OH is 1. The first kappa shape index (κ1) is 23.0. The van der Waals surface area contributed by atoms with Crippen LogP contribution in [0.2, 0.25) is 0 Å². The van der Waals surface area contributed by atoms with Crippen molar-refractivity contribution in [2.75, 3.05) is 24.3 Å². The number of nitrogens with one attached hydrogen (secondary N) is 2. The number of aliphatic hydroxyl groups is 1. The van der Waals surface area contributed by atoms with Gasteiger partial charge in [-0.05, 0) is 66.8 Å². The van der Waals surface area contributed by atoms with Gasteiger partial charge in [0.05, 0.1) is 19.4 Å². The number of benzene rings is 2. The molecule has 182 valence electrons. The van der Waals surface area contributed by atoms with E-state index in [1.165, 1.54) is 30.4 Å². The number of hydrogen-bond donors (Lipinski definition) is 4. The molecule has 5 N–H and O–H groups in total. The van der Waals surface area contributed by atoms with Crippen molar-refractivity contribution in [3.8, 4) is 5.75 Å². The van der Waals surface area contributed by atoms with Gasteiger partial charge in [-0.15, -0.1) is 10.2 Å². The van der Waals surface area contributed by atoms with E-state index >= 15 is 0 Å². The third-order valence-corrected chi connectivity index (χ3v) is 6.64. The molecule has 1 amide bonds. The summed E-state index contributed by atoms with van der Waals surface area (Å²) in [6, 6.07) is 11.9. The van der Waals surface area contributed by atoms with Crippen molar-refractivity contribution >= 4 is 29.0 Å². The van der Waals surface area contributed by atoms with Gasteiger partial charge in [-0.3, -0.25) is 9.69 Å². The Morgan fingerprint density at radius 2 is 2.09 bits per heavy atom. The summed E-state index contributed by atoms with van der Waals surface area (Å²) in [7, 11) is 1.64. The molecular weight excluding hydrogens is 446 g/mol. The summed E-state index contributed by atoms with van der Waals surface area (Å²) in [6.45, 7) is 1.93. The van der Waals surface area contributed by atoms with Crippen molar-refractivity contribution in [2.24, 2.45) is 5.73 Å². The first-order chi connectivity index (χ1) is 17.0. The molecule has 35 heavy (non-hydrogen) atoms. The Bertz CT molecular complexity index is 1250. The standard InChI is InChI=1S/C25H29N7O3/c1-35-21-12-16-10-19-7-2-3-8-32(19)13-17(16)11-20(21)28-25-29-24(22(23(26)34)30-31-25)27-18-6-4-5-15(9-18)14-33/h4-6,9,11-12,19,33H,2-3,7-8,10,13-14H2,1H3,(H2,26,34)(H2,27,28,29,31). The quantitative estimate of drug-likeness (QED) is 0.406. The lowest BCUT2D eigenvalue weighted by Gasteiger charge is -2.40. The van der Waals surface area contributed by atoms with Crippen molar-refractivity contribution in [1.29, 1.82) is 0 Å². The second kappa shape index (κ2) is 9.85. The summed E-state index contributed by atoms with van der Waals surface area (Å²) >= 11 is 0. The fourth-order valence-corrected chi connectivity index (χ4v) is 4.88. The van der Waals surface area contributed by atoms with Crippen LogP contribution in [0.25, 0.3) is 0 Å². The van der Waals surface area contributed by atoms with Crippen molar-refractivity contribution < 1.29 is 14.6 Å². The second-order valence-electron chi connectivity index (χ2n) is 8.95. The fraction of sp³-hybridized carbons (Fsp3) is 0.360. The van der Waals surface area contributed by atoms with E-state index < -0.39 is 5.91 Å². The molecule has 0 aliphatic carbocycles. The number of nitrogens with zero attached hydrogens (tertiary/aromatic N) is 4. The van der Waals surface area contributed by atoms with E-state index in [4.69, 9.17) is 10.5 Å². The number of anilines is 4. The normalized spacial score (nSPS) is 17.3. The SMILES string of the molecule is COc1cc2c(cc1Nc1nnc(C(N)=O)c(Nc3cccc(CO)c3)n1)CN1CCCCC1C2. The van der Waals surface area contributed by atoms with Crippen LogP contribution in [-0.2, 0) is 19.6 Å². The van der Waals surface area contributed by atoms with E-state index in [0.717, 1.165) is 25.2 Å². The van der Waals surface area contributed by atoms with Crippen molar-refractivity contribution in [3.05, 3.63) is 58.8 Å². The molecule has 2 aliphatic rings. The Kier molecular flexibility index (Phi) is 6.47. The number of hydrogen-bond acceptors (Lipinski definition) is 9. The molecule has 2 aliphatic heterocycles. The van der Waals surface area contributed by atoms with E-state index in [1.54, 1.807) is 31.4 Å². The Labute approximate surface area is 203 Å². The average molecular weight is 476 g/mol. The Balaban J connectivity index is 1.44. The second-order valence-corrected chi connectivity index (χ2v) is 8.95. The van der Waals surface area contributed by atoms with Gasteiger partial charge in [0, 0.05) is 18.3 Å². The Morgan fingerprint density at radius 3 is 2.89 bits per heavy atom. The van der Waals surface area contributed by atoms with Crippen LogP contribution in [0.4, 0.5) is 23.1 Å². The van der Waals surface area contributed by atoms with E-state index in [-0.39, 0.29) is 24.1 Å². The number of fused-ring (bicyclic) bond motifs is 2. The van der Waals surface area contributed by atoms with Crippen LogP contribution in [0, 0.1) is 0 Å². The molecule has 1 aromatic heterocycles. The number of carbonyl (C=O) groups excluding carboxylic acids is 1. The van der Waals surface area contributed by atoms with Gasteiger partial charge >= 0.3 is 0 Å². The highest BCUT2D eigenvalue weighted by Crippen LogP contribution is 2.36. The smallest absolute Gasteiger partial charge is 0.273 e. The molecule has 0 saturated carbocycles. The maximum Gasteiger partial charge on any atom is 0.273 e. The van der Waals surface area contributed by atoms with Crippen LogP contribution in [-0.4, -0.2) is 50.8 Å². The minimum absolute atomic E-state index is 0.0847. The minimum Gasteiger partial charge on any atom is -0.495 e. The predicted octanol–water partition coefficient (Wildman–Crippen LogP) is 2.87. The van der Waals surface area contributed by atoms with Gasteiger partial charge in [0.15, 0.2) is 11.5 Å². The van der Waals surface area contributed by atoms with E-state index in [9.17, 15) is 9.90 Å². The molecule has 5 rings (SSSR count). The summed E-state index contributed by atoms with van der Waals surface area (Å²) in [5, 5.41) is 23.7. The highest BCUT2D eigenvalue weighted by atomic mass is 16.5. The molecule has 3 heterocycles. The van der Waals surface area contributed by atoms with Crippen LogP contribution in [0.1, 0.15) is 46.4 Å². The van der Waals surface area contributed by atoms with E-state index in [1.807, 2.05) is 0 Å². The van der Waals surface area contributed by atoms with Crippen molar-refractivity contribution in [1.82, 2.24) is 20.1 Å². The zero-order valence-electron chi connectivity index (χ0n) is 19.6. The lowest BCUT2D eigenvalue weighted by Crippen LogP contribution is -2.43. The largest absolute Gasteiger partial charge is 0.495 e. The number of nitrogens with two attached hydrogens (primary N) is 1. The number of primary amides is 1. The molecule has 0 radical (unpaired) electrons. The minimum atomic E-state index is -0.750. The highest BCUT2D eigenvalue weighted by Gasteiger charge is 2.29. The zero-order valence-corrected chi connectivity index (χ0v) is 19.6. The number of ether oxygens (including phenoxy) is 1.